The minimum atomic E-state index is 0.176. The van der Waals surface area contributed by atoms with E-state index in [4.69, 9.17) is 10.5 Å². The van der Waals surface area contributed by atoms with Crippen LogP contribution in [0.3, 0.4) is 0 Å². The topological polar surface area (TPSA) is 47.3 Å². The summed E-state index contributed by atoms with van der Waals surface area (Å²) in [4.78, 5) is 0. The van der Waals surface area contributed by atoms with Gasteiger partial charge in [-0.05, 0) is 53.5 Å². The summed E-state index contributed by atoms with van der Waals surface area (Å²) in [5.74, 6) is 0. The maximum atomic E-state index is 5.87. The summed E-state index contributed by atoms with van der Waals surface area (Å²) < 4.78 is 5.87. The van der Waals surface area contributed by atoms with Crippen LogP contribution in [-0.4, -0.2) is 30.3 Å². The highest BCUT2D eigenvalue weighted by atomic mass is 16.5. The molecule has 15 heavy (non-hydrogen) atoms. The standard InChI is InChI=1S/C12H26N2O/c1-11(2)8-10(15-7-5-6-13)9-12(3,4)14-11/h10,14H,5-9,13H2,1-4H3. The van der Waals surface area contributed by atoms with Gasteiger partial charge in [-0.25, -0.2) is 0 Å². The monoisotopic (exact) mass is 214 g/mol. The highest BCUT2D eigenvalue weighted by Gasteiger charge is 2.37. The Labute approximate surface area is 93.8 Å². The molecule has 0 aromatic carbocycles. The van der Waals surface area contributed by atoms with Gasteiger partial charge in [0.1, 0.15) is 0 Å². The average Bonchev–Trinajstić information content (AvgIpc) is 1.98. The highest BCUT2D eigenvalue weighted by molar-refractivity contribution is 4.97. The smallest absolute Gasteiger partial charge is 0.0609 e. The van der Waals surface area contributed by atoms with E-state index in [9.17, 15) is 0 Å². The first-order chi connectivity index (χ1) is 6.85. The molecule has 0 atom stereocenters. The van der Waals surface area contributed by atoms with Crippen LogP contribution in [0.2, 0.25) is 0 Å². The lowest BCUT2D eigenvalue weighted by molar-refractivity contribution is -0.0217. The fourth-order valence-corrected chi connectivity index (χ4v) is 2.68. The maximum Gasteiger partial charge on any atom is 0.0609 e. The molecule has 1 fully saturated rings. The van der Waals surface area contributed by atoms with Gasteiger partial charge in [-0.15, -0.1) is 0 Å². The van der Waals surface area contributed by atoms with Crippen molar-refractivity contribution >= 4 is 0 Å². The third-order valence-corrected chi connectivity index (χ3v) is 2.85. The Morgan fingerprint density at radius 1 is 1.20 bits per heavy atom. The zero-order valence-corrected chi connectivity index (χ0v) is 10.6. The van der Waals surface area contributed by atoms with Crippen LogP contribution >= 0.6 is 0 Å². The van der Waals surface area contributed by atoms with E-state index in [1.165, 1.54) is 0 Å². The molecule has 0 radical (unpaired) electrons. The molecule has 0 aromatic heterocycles. The van der Waals surface area contributed by atoms with Gasteiger partial charge in [0.15, 0.2) is 0 Å². The highest BCUT2D eigenvalue weighted by Crippen LogP contribution is 2.30. The first-order valence-electron chi connectivity index (χ1n) is 5.96. The predicted octanol–water partition coefficient (Wildman–Crippen LogP) is 1.66. The van der Waals surface area contributed by atoms with Crippen LogP contribution in [0.15, 0.2) is 0 Å². The van der Waals surface area contributed by atoms with E-state index in [1.807, 2.05) is 0 Å². The number of rotatable bonds is 4. The van der Waals surface area contributed by atoms with Gasteiger partial charge >= 0.3 is 0 Å². The molecule has 1 rings (SSSR count). The van der Waals surface area contributed by atoms with E-state index >= 15 is 0 Å². The Morgan fingerprint density at radius 3 is 2.20 bits per heavy atom. The lowest BCUT2D eigenvalue weighted by Crippen LogP contribution is -2.59. The summed E-state index contributed by atoms with van der Waals surface area (Å²) in [5.41, 5.74) is 5.81. The van der Waals surface area contributed by atoms with Crippen LogP contribution in [0, 0.1) is 0 Å². The van der Waals surface area contributed by atoms with Crippen LogP contribution in [-0.2, 0) is 4.74 Å². The molecule has 3 nitrogen and oxygen atoms in total. The maximum absolute atomic E-state index is 5.87. The van der Waals surface area contributed by atoms with Crippen molar-refractivity contribution in [1.29, 1.82) is 0 Å². The van der Waals surface area contributed by atoms with Crippen molar-refractivity contribution in [2.24, 2.45) is 5.73 Å². The summed E-state index contributed by atoms with van der Waals surface area (Å²) in [6.07, 6.45) is 3.51. The molecule has 1 aliphatic rings. The molecule has 0 saturated carbocycles. The van der Waals surface area contributed by atoms with Gasteiger partial charge < -0.3 is 15.8 Å². The summed E-state index contributed by atoms with van der Waals surface area (Å²) in [7, 11) is 0. The normalized spacial score (nSPS) is 25.4. The van der Waals surface area contributed by atoms with Crippen LogP contribution in [0.25, 0.3) is 0 Å². The molecule has 0 aromatic rings. The second-order valence-corrected chi connectivity index (χ2v) is 5.94. The van der Waals surface area contributed by atoms with E-state index in [2.05, 4.69) is 33.0 Å². The molecule has 3 heteroatoms. The lowest BCUT2D eigenvalue weighted by atomic mass is 9.81. The van der Waals surface area contributed by atoms with Gasteiger partial charge in [0.2, 0.25) is 0 Å². The van der Waals surface area contributed by atoms with Crippen molar-refractivity contribution < 1.29 is 4.74 Å². The molecule has 1 saturated heterocycles. The third-order valence-electron chi connectivity index (χ3n) is 2.85. The quantitative estimate of drug-likeness (QED) is 0.700. The minimum Gasteiger partial charge on any atom is -0.378 e. The number of ether oxygens (including phenoxy) is 1. The van der Waals surface area contributed by atoms with E-state index in [0.29, 0.717) is 6.10 Å². The Kier molecular flexibility index (Phi) is 4.15. The van der Waals surface area contributed by atoms with E-state index in [-0.39, 0.29) is 11.1 Å². The number of hydrogen-bond acceptors (Lipinski definition) is 3. The number of hydrogen-bond donors (Lipinski definition) is 2. The molecule has 0 aliphatic carbocycles. The van der Waals surface area contributed by atoms with Crippen molar-refractivity contribution in [2.45, 2.75) is 64.1 Å². The molecule has 1 heterocycles. The molecule has 1 aliphatic heterocycles. The second kappa shape index (κ2) is 4.81. The van der Waals surface area contributed by atoms with Gasteiger partial charge in [0.25, 0.3) is 0 Å². The van der Waals surface area contributed by atoms with Crippen molar-refractivity contribution in [3.63, 3.8) is 0 Å². The van der Waals surface area contributed by atoms with Gasteiger partial charge in [-0.1, -0.05) is 0 Å². The second-order valence-electron chi connectivity index (χ2n) is 5.94. The van der Waals surface area contributed by atoms with Gasteiger partial charge in [0.05, 0.1) is 6.10 Å². The number of nitrogens with two attached hydrogens (primary N) is 1. The third kappa shape index (κ3) is 4.49. The number of nitrogens with one attached hydrogen (secondary N) is 1. The molecule has 0 spiro atoms. The van der Waals surface area contributed by atoms with E-state index < -0.39 is 0 Å². The van der Waals surface area contributed by atoms with Crippen LogP contribution in [0.5, 0.6) is 0 Å². The molecule has 90 valence electrons. The molecule has 0 amide bonds. The lowest BCUT2D eigenvalue weighted by Gasteiger charge is -2.46. The Hall–Kier alpha value is -0.120. The molecular formula is C12H26N2O. The first kappa shape index (κ1) is 12.9. The SMILES string of the molecule is CC1(C)CC(OCCCN)CC(C)(C)N1. The van der Waals surface area contributed by atoms with Crippen molar-refractivity contribution in [3.05, 3.63) is 0 Å². The van der Waals surface area contributed by atoms with Crippen LogP contribution in [0.4, 0.5) is 0 Å². The summed E-state index contributed by atoms with van der Waals surface area (Å²) in [5, 5.41) is 3.65. The zero-order chi connectivity index (χ0) is 11.5. The van der Waals surface area contributed by atoms with Gasteiger partial charge in [0, 0.05) is 17.7 Å². The van der Waals surface area contributed by atoms with Crippen molar-refractivity contribution in [3.8, 4) is 0 Å². The fraction of sp³-hybridized carbons (Fsp3) is 1.00. The molecule has 3 N–H and O–H groups in total. The summed E-state index contributed by atoms with van der Waals surface area (Å²) >= 11 is 0. The molecular weight excluding hydrogens is 188 g/mol. The Morgan fingerprint density at radius 2 is 1.73 bits per heavy atom. The van der Waals surface area contributed by atoms with Gasteiger partial charge in [-0.2, -0.15) is 0 Å². The largest absolute Gasteiger partial charge is 0.378 e. The van der Waals surface area contributed by atoms with Crippen molar-refractivity contribution in [1.82, 2.24) is 5.32 Å². The molecule has 0 bridgehead atoms. The average molecular weight is 214 g/mol. The Bertz CT molecular complexity index is 186. The fourth-order valence-electron chi connectivity index (χ4n) is 2.68. The molecule has 0 unspecified atom stereocenters. The summed E-state index contributed by atoms with van der Waals surface area (Å²) in [6.45, 7) is 10.5. The Balaban J connectivity index is 2.44. The van der Waals surface area contributed by atoms with E-state index in [0.717, 1.165) is 32.4 Å². The predicted molar refractivity (Wildman–Crippen MR) is 63.9 cm³/mol. The first-order valence-corrected chi connectivity index (χ1v) is 5.96. The summed E-state index contributed by atoms with van der Waals surface area (Å²) in [6, 6.07) is 0. The number of piperidine rings is 1. The zero-order valence-electron chi connectivity index (χ0n) is 10.6. The van der Waals surface area contributed by atoms with Crippen LogP contribution < -0.4 is 11.1 Å². The van der Waals surface area contributed by atoms with E-state index in [1.54, 1.807) is 0 Å². The minimum absolute atomic E-state index is 0.176. The van der Waals surface area contributed by atoms with Gasteiger partial charge in [-0.3, -0.25) is 0 Å². The van der Waals surface area contributed by atoms with Crippen molar-refractivity contribution in [2.75, 3.05) is 13.2 Å². The van der Waals surface area contributed by atoms with Crippen LogP contribution in [0.1, 0.15) is 47.0 Å².